The van der Waals surface area contributed by atoms with Gasteiger partial charge < -0.3 is 5.73 Å². The molecule has 170 valence electrons. The number of hydrogen-bond donors (Lipinski definition) is 1. The molecule has 0 aliphatic heterocycles. The van der Waals surface area contributed by atoms with Crippen molar-refractivity contribution in [3.63, 3.8) is 0 Å². The second kappa shape index (κ2) is 9.73. The molecule has 2 N–H and O–H groups in total. The summed E-state index contributed by atoms with van der Waals surface area (Å²) in [5.74, 6) is 0.0268. The summed E-state index contributed by atoms with van der Waals surface area (Å²) in [7, 11) is 0. The Balaban J connectivity index is 1.81. The van der Waals surface area contributed by atoms with Gasteiger partial charge in [-0.3, -0.25) is 4.68 Å². The van der Waals surface area contributed by atoms with Gasteiger partial charge in [-0.25, -0.2) is 13.9 Å². The van der Waals surface area contributed by atoms with Gasteiger partial charge in [-0.15, -0.1) is 0 Å². The Hall–Kier alpha value is -3.22. The molecule has 0 aliphatic rings. The van der Waals surface area contributed by atoms with Crippen LogP contribution < -0.4 is 5.73 Å². The monoisotopic (exact) mass is 463 g/mol. The van der Waals surface area contributed by atoms with Gasteiger partial charge in [-0.05, 0) is 50.9 Å². The Morgan fingerprint density at radius 3 is 2.82 bits per heavy atom. The quantitative estimate of drug-likeness (QED) is 0.395. The zero-order valence-electron chi connectivity index (χ0n) is 18.9. The SMILES string of the molecule is CCC(CCN)[C@H](C)n1ncc(-c2cc(Sc3ncccc3F)c3c(C#N)cnn3c2)c1C. The second-order valence-corrected chi connectivity index (χ2v) is 9.05. The van der Waals surface area contributed by atoms with Crippen LogP contribution in [0.1, 0.15) is 44.0 Å². The summed E-state index contributed by atoms with van der Waals surface area (Å²) in [4.78, 5) is 4.87. The lowest BCUT2D eigenvalue weighted by molar-refractivity contribution is 0.301. The van der Waals surface area contributed by atoms with Gasteiger partial charge in [0.15, 0.2) is 5.82 Å². The Kier molecular flexibility index (Phi) is 6.77. The molecule has 4 aromatic heterocycles. The van der Waals surface area contributed by atoms with Crippen molar-refractivity contribution in [2.45, 2.75) is 49.6 Å². The van der Waals surface area contributed by atoms with Gasteiger partial charge in [0.2, 0.25) is 0 Å². The van der Waals surface area contributed by atoms with E-state index >= 15 is 0 Å². The van der Waals surface area contributed by atoms with Gasteiger partial charge in [-0.2, -0.15) is 15.5 Å². The third-order valence-electron chi connectivity index (χ3n) is 6.11. The molecule has 0 fully saturated rings. The fourth-order valence-electron chi connectivity index (χ4n) is 4.26. The average Bonchev–Trinajstić information content (AvgIpc) is 3.41. The largest absolute Gasteiger partial charge is 0.330 e. The van der Waals surface area contributed by atoms with E-state index in [2.05, 4.69) is 39.8 Å². The molecule has 0 spiro atoms. The van der Waals surface area contributed by atoms with Crippen molar-refractivity contribution in [3.8, 4) is 17.2 Å². The number of fused-ring (bicyclic) bond motifs is 1. The number of nitriles is 1. The van der Waals surface area contributed by atoms with Crippen molar-refractivity contribution in [1.82, 2.24) is 24.4 Å². The molecule has 4 rings (SSSR count). The van der Waals surface area contributed by atoms with Crippen LogP contribution in [0.5, 0.6) is 0 Å². The summed E-state index contributed by atoms with van der Waals surface area (Å²) in [5.41, 5.74) is 9.75. The minimum absolute atomic E-state index is 0.211. The molecule has 1 unspecified atom stereocenters. The van der Waals surface area contributed by atoms with Gasteiger partial charge in [0.1, 0.15) is 11.1 Å². The average molecular weight is 464 g/mol. The van der Waals surface area contributed by atoms with Crippen molar-refractivity contribution in [2.24, 2.45) is 11.7 Å². The van der Waals surface area contributed by atoms with E-state index in [9.17, 15) is 9.65 Å². The summed E-state index contributed by atoms with van der Waals surface area (Å²) >= 11 is 1.18. The first kappa shape index (κ1) is 23.0. The van der Waals surface area contributed by atoms with Crippen LogP contribution in [-0.4, -0.2) is 30.9 Å². The molecular weight excluding hydrogens is 437 g/mol. The molecule has 0 saturated carbocycles. The van der Waals surface area contributed by atoms with E-state index in [1.54, 1.807) is 16.8 Å². The fraction of sp³-hybridized carbons (Fsp3) is 0.333. The summed E-state index contributed by atoms with van der Waals surface area (Å²) in [6, 6.07) is 7.26. The number of nitrogens with two attached hydrogens (primary N) is 1. The normalized spacial score (nSPS) is 13.2. The van der Waals surface area contributed by atoms with Crippen LogP contribution in [0.15, 0.2) is 52.9 Å². The van der Waals surface area contributed by atoms with Crippen molar-refractivity contribution in [2.75, 3.05) is 6.54 Å². The van der Waals surface area contributed by atoms with E-state index in [4.69, 9.17) is 5.73 Å². The van der Waals surface area contributed by atoms with Crippen molar-refractivity contribution in [1.29, 1.82) is 5.26 Å². The zero-order valence-corrected chi connectivity index (χ0v) is 19.7. The van der Waals surface area contributed by atoms with Crippen LogP contribution in [-0.2, 0) is 0 Å². The molecule has 4 aromatic rings. The Morgan fingerprint density at radius 2 is 2.12 bits per heavy atom. The summed E-state index contributed by atoms with van der Waals surface area (Å²) in [6.07, 6.45) is 8.78. The highest BCUT2D eigenvalue weighted by Gasteiger charge is 2.22. The summed E-state index contributed by atoms with van der Waals surface area (Å²) in [5, 5.41) is 18.9. The molecule has 7 nitrogen and oxygen atoms in total. The molecular formula is C24H26FN7S. The van der Waals surface area contributed by atoms with Crippen molar-refractivity contribution >= 4 is 17.3 Å². The number of pyridine rings is 2. The van der Waals surface area contributed by atoms with E-state index in [1.165, 1.54) is 24.0 Å². The molecule has 0 aliphatic carbocycles. The maximum atomic E-state index is 14.3. The van der Waals surface area contributed by atoms with Crippen LogP contribution in [0, 0.1) is 30.0 Å². The van der Waals surface area contributed by atoms with E-state index < -0.39 is 5.82 Å². The number of rotatable bonds is 8. The molecule has 4 heterocycles. The van der Waals surface area contributed by atoms with E-state index in [0.717, 1.165) is 29.7 Å². The highest BCUT2D eigenvalue weighted by atomic mass is 32.2. The molecule has 9 heteroatoms. The predicted octanol–water partition coefficient (Wildman–Crippen LogP) is 5.00. The maximum Gasteiger partial charge on any atom is 0.155 e. The van der Waals surface area contributed by atoms with Crippen LogP contribution >= 0.6 is 11.8 Å². The number of hydrogen-bond acceptors (Lipinski definition) is 6. The fourth-order valence-corrected chi connectivity index (χ4v) is 5.23. The van der Waals surface area contributed by atoms with Gasteiger partial charge >= 0.3 is 0 Å². The molecule has 0 aromatic carbocycles. The maximum absolute atomic E-state index is 14.3. The highest BCUT2D eigenvalue weighted by Crippen LogP contribution is 2.37. The highest BCUT2D eigenvalue weighted by molar-refractivity contribution is 7.99. The second-order valence-electron chi connectivity index (χ2n) is 8.02. The first-order valence-electron chi connectivity index (χ1n) is 10.9. The number of aromatic nitrogens is 5. The molecule has 0 bridgehead atoms. The van der Waals surface area contributed by atoms with Crippen LogP contribution in [0.2, 0.25) is 0 Å². The predicted molar refractivity (Wildman–Crippen MR) is 126 cm³/mol. The number of halogens is 1. The van der Waals surface area contributed by atoms with E-state index in [-0.39, 0.29) is 11.1 Å². The minimum atomic E-state index is -0.410. The molecule has 0 saturated heterocycles. The van der Waals surface area contributed by atoms with Gasteiger partial charge in [0.25, 0.3) is 0 Å². The molecule has 2 atom stereocenters. The molecule has 0 amide bonds. The van der Waals surface area contributed by atoms with Crippen molar-refractivity contribution in [3.05, 3.63) is 60.1 Å². The Labute approximate surface area is 196 Å². The Bertz CT molecular complexity index is 1320. The lowest BCUT2D eigenvalue weighted by Crippen LogP contribution is -2.21. The van der Waals surface area contributed by atoms with Crippen LogP contribution in [0.25, 0.3) is 16.6 Å². The molecule has 0 radical (unpaired) electrons. The van der Waals surface area contributed by atoms with E-state index in [1.807, 2.05) is 25.4 Å². The lowest BCUT2D eigenvalue weighted by atomic mass is 9.94. The van der Waals surface area contributed by atoms with E-state index in [0.29, 0.717) is 28.4 Å². The number of nitrogens with zero attached hydrogens (tertiary/aromatic N) is 6. The van der Waals surface area contributed by atoms with Crippen molar-refractivity contribution < 1.29 is 4.39 Å². The van der Waals surface area contributed by atoms with Gasteiger partial charge in [0, 0.05) is 34.1 Å². The topological polar surface area (TPSA) is 97.8 Å². The van der Waals surface area contributed by atoms with Crippen LogP contribution in [0.3, 0.4) is 0 Å². The first-order valence-corrected chi connectivity index (χ1v) is 11.7. The van der Waals surface area contributed by atoms with Gasteiger partial charge in [-0.1, -0.05) is 25.1 Å². The van der Waals surface area contributed by atoms with Crippen LogP contribution in [0.4, 0.5) is 4.39 Å². The third-order valence-corrected chi connectivity index (χ3v) is 7.14. The molecule has 33 heavy (non-hydrogen) atoms. The minimum Gasteiger partial charge on any atom is -0.330 e. The third kappa shape index (κ3) is 4.36. The summed E-state index contributed by atoms with van der Waals surface area (Å²) in [6.45, 7) is 7.05. The summed E-state index contributed by atoms with van der Waals surface area (Å²) < 4.78 is 18.1. The lowest BCUT2D eigenvalue weighted by Gasteiger charge is -2.24. The smallest absolute Gasteiger partial charge is 0.155 e. The standard InChI is InChI=1S/C24H26FN7S/c1-4-17(7-8-26)15(2)32-16(3)20(13-30-32)18-10-22(33-24-21(25)6-5-9-28-24)23-19(11-27)12-29-31(23)14-18/h5-6,9-10,12-15,17H,4,7-8,26H2,1-3H3/t15-,17?/m0/s1. The zero-order chi connectivity index (χ0) is 23.5. The Morgan fingerprint density at radius 1 is 1.30 bits per heavy atom. The first-order chi connectivity index (χ1) is 16.0. The van der Waals surface area contributed by atoms with Gasteiger partial charge in [0.05, 0.1) is 29.5 Å².